The Morgan fingerprint density at radius 2 is 1.91 bits per heavy atom. The molecule has 0 amide bonds. The van der Waals surface area contributed by atoms with Gasteiger partial charge < -0.3 is 4.74 Å². The van der Waals surface area contributed by atoms with E-state index in [-0.39, 0.29) is 5.30 Å². The standard InChI is InChI=1S/C8H18O2S/c1-5-6-7-10-8(9)11(2,3)4/h5-7H2,1-4H3. The van der Waals surface area contributed by atoms with Gasteiger partial charge in [-0.1, -0.05) is 13.3 Å². The number of carbonyl (C=O) groups is 1. The molecule has 0 fully saturated rings. The summed E-state index contributed by atoms with van der Waals surface area (Å²) < 4.78 is 5.04. The number of ether oxygens (including phenoxy) is 1. The van der Waals surface area contributed by atoms with E-state index in [1.165, 1.54) is 0 Å². The van der Waals surface area contributed by atoms with Crippen LogP contribution in [-0.4, -0.2) is 30.7 Å². The van der Waals surface area contributed by atoms with Crippen LogP contribution in [0.25, 0.3) is 0 Å². The van der Waals surface area contributed by atoms with Crippen LogP contribution in [0.5, 0.6) is 0 Å². The minimum absolute atomic E-state index is 0.0223. The molecule has 0 aliphatic rings. The summed E-state index contributed by atoms with van der Waals surface area (Å²) in [5.74, 6) is 0. The van der Waals surface area contributed by atoms with E-state index >= 15 is 0 Å². The van der Waals surface area contributed by atoms with Crippen molar-refractivity contribution in [3.63, 3.8) is 0 Å². The summed E-state index contributed by atoms with van der Waals surface area (Å²) in [5, 5.41) is -0.0223. The quantitative estimate of drug-likeness (QED) is 0.490. The monoisotopic (exact) mass is 178 g/mol. The van der Waals surface area contributed by atoms with E-state index in [1.807, 2.05) is 18.8 Å². The van der Waals surface area contributed by atoms with Gasteiger partial charge in [-0.25, -0.2) is 4.79 Å². The molecule has 0 aromatic heterocycles. The molecule has 0 spiro atoms. The predicted octanol–water partition coefficient (Wildman–Crippen LogP) is 2.62. The Morgan fingerprint density at radius 1 is 1.36 bits per heavy atom. The van der Waals surface area contributed by atoms with Gasteiger partial charge in [0.15, 0.2) is 0 Å². The highest BCUT2D eigenvalue weighted by atomic mass is 32.3. The molecule has 0 N–H and O–H groups in total. The molecule has 2 nitrogen and oxygen atoms in total. The minimum Gasteiger partial charge on any atom is -0.459 e. The van der Waals surface area contributed by atoms with Gasteiger partial charge in [-0.2, -0.15) is 10.0 Å². The van der Waals surface area contributed by atoms with Crippen LogP contribution in [0.2, 0.25) is 0 Å². The summed E-state index contributed by atoms with van der Waals surface area (Å²) in [6, 6.07) is 0. The maximum atomic E-state index is 11.2. The van der Waals surface area contributed by atoms with Crippen molar-refractivity contribution >= 4 is 15.3 Å². The highest BCUT2D eigenvalue weighted by Gasteiger charge is 2.16. The zero-order valence-electron chi connectivity index (χ0n) is 7.85. The molecule has 0 saturated carbocycles. The molecular weight excluding hydrogens is 160 g/mol. The van der Waals surface area contributed by atoms with Crippen molar-refractivity contribution in [3.05, 3.63) is 0 Å². The lowest BCUT2D eigenvalue weighted by Crippen LogP contribution is -2.10. The Labute approximate surface area is 70.6 Å². The van der Waals surface area contributed by atoms with E-state index in [4.69, 9.17) is 4.74 Å². The lowest BCUT2D eigenvalue weighted by atomic mass is 10.4. The van der Waals surface area contributed by atoms with Crippen LogP contribution in [0.3, 0.4) is 0 Å². The lowest BCUT2D eigenvalue weighted by Gasteiger charge is -2.21. The number of hydrogen-bond donors (Lipinski definition) is 0. The third-order valence-corrected chi connectivity index (χ3v) is 2.34. The first-order chi connectivity index (χ1) is 4.98. The molecule has 11 heavy (non-hydrogen) atoms. The molecule has 0 aliphatic carbocycles. The van der Waals surface area contributed by atoms with Crippen LogP contribution in [0.15, 0.2) is 0 Å². The van der Waals surface area contributed by atoms with E-state index in [0.717, 1.165) is 12.8 Å². The molecule has 0 saturated heterocycles. The maximum Gasteiger partial charge on any atom is 0.348 e. The first kappa shape index (κ1) is 10.8. The van der Waals surface area contributed by atoms with Gasteiger partial charge in [-0.15, -0.1) is 0 Å². The van der Waals surface area contributed by atoms with Crippen molar-refractivity contribution in [2.75, 3.05) is 25.4 Å². The van der Waals surface area contributed by atoms with Crippen LogP contribution in [0.1, 0.15) is 19.8 Å². The van der Waals surface area contributed by atoms with Gasteiger partial charge in [0, 0.05) is 0 Å². The fourth-order valence-corrected chi connectivity index (χ4v) is 0.914. The van der Waals surface area contributed by atoms with Gasteiger partial charge in [0.25, 0.3) is 0 Å². The number of carbonyl (C=O) groups excluding carboxylic acids is 1. The molecule has 0 aromatic rings. The van der Waals surface area contributed by atoms with Crippen molar-refractivity contribution in [3.8, 4) is 0 Å². The van der Waals surface area contributed by atoms with Crippen LogP contribution >= 0.6 is 10.0 Å². The van der Waals surface area contributed by atoms with Gasteiger partial charge in [0.05, 0.1) is 6.61 Å². The van der Waals surface area contributed by atoms with Crippen molar-refractivity contribution in [1.29, 1.82) is 0 Å². The molecule has 0 aliphatic heterocycles. The third kappa shape index (κ3) is 5.13. The van der Waals surface area contributed by atoms with E-state index in [0.29, 0.717) is 6.61 Å². The molecule has 0 bridgehead atoms. The molecule has 0 aromatic carbocycles. The Morgan fingerprint density at radius 3 is 2.27 bits per heavy atom. The summed E-state index contributed by atoms with van der Waals surface area (Å²) in [7, 11) is -1.14. The van der Waals surface area contributed by atoms with Crippen LogP contribution in [0, 0.1) is 0 Å². The van der Waals surface area contributed by atoms with E-state index < -0.39 is 10.0 Å². The Hall–Kier alpha value is -0.180. The molecular formula is C8H18O2S. The molecule has 0 atom stereocenters. The highest BCUT2D eigenvalue weighted by Crippen LogP contribution is 2.36. The van der Waals surface area contributed by atoms with Crippen LogP contribution < -0.4 is 0 Å². The molecule has 3 heteroatoms. The zero-order chi connectivity index (χ0) is 8.91. The van der Waals surface area contributed by atoms with Crippen molar-refractivity contribution < 1.29 is 9.53 Å². The van der Waals surface area contributed by atoms with E-state index in [2.05, 4.69) is 6.92 Å². The SMILES string of the molecule is CCCCOC(=O)S(C)(C)C. The van der Waals surface area contributed by atoms with Crippen LogP contribution in [-0.2, 0) is 4.74 Å². The molecule has 0 heterocycles. The van der Waals surface area contributed by atoms with Crippen molar-refractivity contribution in [2.45, 2.75) is 19.8 Å². The maximum absolute atomic E-state index is 11.2. The lowest BCUT2D eigenvalue weighted by molar-refractivity contribution is 0.172. The van der Waals surface area contributed by atoms with Gasteiger partial charge >= 0.3 is 5.30 Å². The van der Waals surface area contributed by atoms with Gasteiger partial charge in [-0.3, -0.25) is 0 Å². The molecule has 0 rings (SSSR count). The zero-order valence-corrected chi connectivity index (χ0v) is 8.66. The van der Waals surface area contributed by atoms with Gasteiger partial charge in [-0.05, 0) is 25.2 Å². The second-order valence-corrected chi connectivity index (χ2v) is 7.30. The number of unbranched alkanes of at least 4 members (excludes halogenated alkanes) is 1. The van der Waals surface area contributed by atoms with E-state index in [9.17, 15) is 4.79 Å². The molecule has 0 unspecified atom stereocenters. The summed E-state index contributed by atoms with van der Waals surface area (Å²) >= 11 is 0. The predicted molar refractivity (Wildman–Crippen MR) is 51.6 cm³/mol. The molecule has 0 radical (unpaired) electrons. The summed E-state index contributed by atoms with van der Waals surface area (Å²) in [4.78, 5) is 11.2. The molecule has 68 valence electrons. The highest BCUT2D eigenvalue weighted by molar-refractivity contribution is 8.43. The van der Waals surface area contributed by atoms with Crippen LogP contribution in [0.4, 0.5) is 4.79 Å². The number of rotatable bonds is 3. The van der Waals surface area contributed by atoms with Crippen molar-refractivity contribution in [1.82, 2.24) is 0 Å². The number of hydrogen-bond acceptors (Lipinski definition) is 2. The van der Waals surface area contributed by atoms with Gasteiger partial charge in [0.2, 0.25) is 0 Å². The Bertz CT molecular complexity index is 127. The fraction of sp³-hybridized carbons (Fsp3) is 0.875. The Kier molecular flexibility index (Phi) is 4.57. The summed E-state index contributed by atoms with van der Waals surface area (Å²) in [6.45, 7) is 2.66. The topological polar surface area (TPSA) is 26.3 Å². The second kappa shape index (κ2) is 4.65. The average Bonchev–Trinajstić information content (AvgIpc) is 1.86. The normalized spacial score (nSPS) is 12.7. The largest absolute Gasteiger partial charge is 0.459 e. The third-order valence-electron chi connectivity index (χ3n) is 1.22. The summed E-state index contributed by atoms with van der Waals surface area (Å²) in [6.07, 6.45) is 7.89. The minimum atomic E-state index is -1.14. The fourth-order valence-electron chi connectivity index (χ4n) is 0.477. The van der Waals surface area contributed by atoms with Gasteiger partial charge in [0.1, 0.15) is 0 Å². The average molecular weight is 178 g/mol. The summed E-state index contributed by atoms with van der Waals surface area (Å²) in [5.41, 5.74) is 0. The van der Waals surface area contributed by atoms with Crippen molar-refractivity contribution in [2.24, 2.45) is 0 Å². The first-order valence-electron chi connectivity index (χ1n) is 3.83. The second-order valence-electron chi connectivity index (χ2n) is 3.29. The van der Waals surface area contributed by atoms with E-state index in [1.54, 1.807) is 0 Å². The smallest absolute Gasteiger partial charge is 0.348 e. The Balaban J connectivity index is 3.54. The first-order valence-corrected chi connectivity index (χ1v) is 6.69.